The Morgan fingerprint density at radius 1 is 1.30 bits per heavy atom. The zero-order valence-electron chi connectivity index (χ0n) is 17.4. The number of nitrogens with zero attached hydrogens (tertiary/aromatic N) is 2. The molecule has 0 spiro atoms. The summed E-state index contributed by atoms with van der Waals surface area (Å²) in [6.45, 7) is 5.72. The first-order valence-electron chi connectivity index (χ1n) is 10.5. The second kappa shape index (κ2) is 7.15. The monoisotopic (exact) mass is 471 g/mol. The molecule has 0 radical (unpaired) electrons. The second-order valence-electron chi connectivity index (χ2n) is 9.36. The first-order chi connectivity index (χ1) is 14.3. The van der Waals surface area contributed by atoms with Crippen molar-refractivity contribution in [1.29, 1.82) is 0 Å². The third-order valence-electron chi connectivity index (χ3n) is 5.82. The van der Waals surface area contributed by atoms with Crippen molar-refractivity contribution in [2.45, 2.75) is 63.8 Å². The third kappa shape index (κ3) is 3.87. The van der Waals surface area contributed by atoms with Gasteiger partial charge in [0.1, 0.15) is 22.9 Å². The molecule has 1 saturated heterocycles. The predicted octanol–water partition coefficient (Wildman–Crippen LogP) is 4.77. The van der Waals surface area contributed by atoms with Crippen molar-refractivity contribution in [3.05, 3.63) is 52.3 Å². The fraction of sp³-hybridized carbons (Fsp3) is 0.478. The molecule has 30 heavy (non-hydrogen) atoms. The topological polar surface area (TPSA) is 63.2 Å². The Bertz CT molecular complexity index is 978. The number of amides is 1. The predicted molar refractivity (Wildman–Crippen MR) is 118 cm³/mol. The first kappa shape index (κ1) is 19.7. The van der Waals surface area contributed by atoms with E-state index in [9.17, 15) is 4.79 Å². The van der Waals surface area contributed by atoms with Gasteiger partial charge in [0.15, 0.2) is 0 Å². The number of fused-ring (bicyclic) bond motifs is 2. The van der Waals surface area contributed by atoms with Gasteiger partial charge < -0.3 is 14.8 Å². The Balaban J connectivity index is 1.29. The van der Waals surface area contributed by atoms with E-state index in [0.29, 0.717) is 12.0 Å². The molecule has 2 fully saturated rings. The molecule has 6 nitrogen and oxygen atoms in total. The summed E-state index contributed by atoms with van der Waals surface area (Å²) in [5, 5.41) is 3.48. The van der Waals surface area contributed by atoms with E-state index in [1.807, 2.05) is 56.0 Å². The first-order valence-corrected chi connectivity index (χ1v) is 11.3. The number of hydrogen-bond acceptors (Lipinski definition) is 5. The van der Waals surface area contributed by atoms with E-state index in [4.69, 9.17) is 14.5 Å². The van der Waals surface area contributed by atoms with E-state index in [0.717, 1.165) is 46.8 Å². The average molecular weight is 472 g/mol. The number of aliphatic imine (C=N–C) groups is 1. The zero-order chi connectivity index (χ0) is 21.0. The van der Waals surface area contributed by atoms with Gasteiger partial charge in [-0.25, -0.2) is 4.79 Å². The summed E-state index contributed by atoms with van der Waals surface area (Å²) in [5.41, 5.74) is 0.528. The van der Waals surface area contributed by atoms with E-state index in [1.165, 1.54) is 0 Å². The summed E-state index contributed by atoms with van der Waals surface area (Å²) in [6.07, 6.45) is 6.64. The van der Waals surface area contributed by atoms with Crippen LogP contribution in [0.3, 0.4) is 0 Å². The molecule has 7 heteroatoms. The van der Waals surface area contributed by atoms with Gasteiger partial charge in [0.25, 0.3) is 0 Å². The maximum absolute atomic E-state index is 12.8. The number of halogens is 1. The molecule has 1 unspecified atom stereocenters. The van der Waals surface area contributed by atoms with Gasteiger partial charge in [0.05, 0.1) is 12.1 Å². The summed E-state index contributed by atoms with van der Waals surface area (Å²) < 4.78 is 12.7. The molecule has 0 aromatic heterocycles. The molecule has 2 heterocycles. The van der Waals surface area contributed by atoms with Crippen molar-refractivity contribution < 1.29 is 14.3 Å². The van der Waals surface area contributed by atoms with Gasteiger partial charge in [-0.05, 0) is 70.2 Å². The minimum absolute atomic E-state index is 0.0375. The minimum atomic E-state index is -0.501. The SMILES string of the molecule is CC(C)(C)OC(=O)N1[C@@H]2C[C@@H]2C[C@H]1C1=NC2CC=C(Oc3cccc(Br)c3)C=C2N1. The van der Waals surface area contributed by atoms with Gasteiger partial charge in [-0.15, -0.1) is 0 Å². The molecular formula is C23H26BrN3O3. The van der Waals surface area contributed by atoms with E-state index < -0.39 is 5.60 Å². The molecule has 4 aliphatic rings. The summed E-state index contributed by atoms with van der Waals surface area (Å²) in [6, 6.07) is 8.11. The van der Waals surface area contributed by atoms with Gasteiger partial charge in [-0.1, -0.05) is 22.0 Å². The molecule has 0 bridgehead atoms. The van der Waals surface area contributed by atoms with Crippen molar-refractivity contribution in [2.24, 2.45) is 10.9 Å². The van der Waals surface area contributed by atoms with E-state index >= 15 is 0 Å². The lowest BCUT2D eigenvalue weighted by atomic mass is 10.1. The van der Waals surface area contributed by atoms with Crippen molar-refractivity contribution in [2.75, 3.05) is 0 Å². The lowest BCUT2D eigenvalue weighted by Gasteiger charge is -2.30. The summed E-state index contributed by atoms with van der Waals surface area (Å²) in [5.74, 6) is 3.04. The Kier molecular flexibility index (Phi) is 4.69. The molecule has 1 saturated carbocycles. The van der Waals surface area contributed by atoms with Crippen molar-refractivity contribution in [1.82, 2.24) is 10.2 Å². The normalized spacial score (nSPS) is 29.2. The summed E-state index contributed by atoms with van der Waals surface area (Å²) in [4.78, 5) is 19.7. The van der Waals surface area contributed by atoms with Gasteiger partial charge in [0.2, 0.25) is 0 Å². The lowest BCUT2D eigenvalue weighted by Crippen LogP contribution is -2.48. The maximum Gasteiger partial charge on any atom is 0.411 e. The van der Waals surface area contributed by atoms with Gasteiger partial charge in [0, 0.05) is 22.3 Å². The van der Waals surface area contributed by atoms with Crippen LogP contribution in [0.4, 0.5) is 4.79 Å². The summed E-state index contributed by atoms with van der Waals surface area (Å²) >= 11 is 3.47. The Morgan fingerprint density at radius 3 is 2.90 bits per heavy atom. The maximum atomic E-state index is 12.8. The van der Waals surface area contributed by atoms with Crippen LogP contribution in [0.5, 0.6) is 5.75 Å². The van der Waals surface area contributed by atoms with Crippen LogP contribution in [0.15, 0.2) is 57.3 Å². The van der Waals surface area contributed by atoms with Crippen molar-refractivity contribution >= 4 is 27.9 Å². The lowest BCUT2D eigenvalue weighted by molar-refractivity contribution is 0.0229. The Hall–Kier alpha value is -2.28. The van der Waals surface area contributed by atoms with Crippen LogP contribution < -0.4 is 10.1 Å². The number of carbonyl (C=O) groups is 1. The van der Waals surface area contributed by atoms with Gasteiger partial charge in [-0.3, -0.25) is 9.89 Å². The highest BCUT2D eigenvalue weighted by Crippen LogP contribution is 2.49. The van der Waals surface area contributed by atoms with E-state index in [1.54, 1.807) is 0 Å². The number of amidine groups is 1. The molecule has 158 valence electrons. The number of rotatable bonds is 3. The van der Waals surface area contributed by atoms with Crippen LogP contribution in [0.2, 0.25) is 0 Å². The highest BCUT2D eigenvalue weighted by Gasteiger charge is 2.57. The molecule has 1 N–H and O–H groups in total. The fourth-order valence-electron chi connectivity index (χ4n) is 4.44. The molecule has 2 aliphatic heterocycles. The number of nitrogens with one attached hydrogen (secondary N) is 1. The highest BCUT2D eigenvalue weighted by molar-refractivity contribution is 9.10. The number of ether oxygens (including phenoxy) is 2. The highest BCUT2D eigenvalue weighted by atomic mass is 79.9. The molecule has 1 aromatic carbocycles. The minimum Gasteiger partial charge on any atom is -0.458 e. The zero-order valence-corrected chi connectivity index (χ0v) is 19.0. The molecule has 1 amide bonds. The molecule has 2 aliphatic carbocycles. The van der Waals surface area contributed by atoms with E-state index in [-0.39, 0.29) is 18.2 Å². The number of allylic oxidation sites excluding steroid dienone is 1. The number of piperidine rings is 1. The quantitative estimate of drug-likeness (QED) is 0.689. The van der Waals surface area contributed by atoms with Crippen LogP contribution in [-0.2, 0) is 4.74 Å². The number of carbonyl (C=O) groups excluding carboxylic acids is 1. The molecular weight excluding hydrogens is 446 g/mol. The third-order valence-corrected chi connectivity index (χ3v) is 6.32. The number of hydrogen-bond donors (Lipinski definition) is 1. The largest absolute Gasteiger partial charge is 0.458 e. The van der Waals surface area contributed by atoms with Crippen molar-refractivity contribution in [3.8, 4) is 5.75 Å². The van der Waals surface area contributed by atoms with Crippen LogP contribution >= 0.6 is 15.9 Å². The Morgan fingerprint density at radius 2 is 2.13 bits per heavy atom. The molecule has 5 rings (SSSR count). The van der Waals surface area contributed by atoms with Crippen LogP contribution in [-0.4, -0.2) is 40.6 Å². The Labute approximate surface area is 185 Å². The molecule has 4 atom stereocenters. The van der Waals surface area contributed by atoms with Crippen LogP contribution in [0, 0.1) is 5.92 Å². The van der Waals surface area contributed by atoms with E-state index in [2.05, 4.69) is 27.3 Å². The van der Waals surface area contributed by atoms with Crippen LogP contribution in [0.25, 0.3) is 0 Å². The number of likely N-dealkylation sites (tertiary alicyclic amines) is 1. The molecule has 1 aromatic rings. The van der Waals surface area contributed by atoms with Gasteiger partial charge in [-0.2, -0.15) is 0 Å². The fourth-order valence-corrected chi connectivity index (χ4v) is 4.82. The smallest absolute Gasteiger partial charge is 0.411 e. The van der Waals surface area contributed by atoms with Crippen molar-refractivity contribution in [3.63, 3.8) is 0 Å². The average Bonchev–Trinajstić information content (AvgIpc) is 3.12. The standard InChI is InChI=1S/C23H26BrN3O3/c1-23(2,3)30-22(28)27-19-9-13(19)10-20(27)21-25-17-8-7-16(12-18(17)26-21)29-15-6-4-5-14(24)11-15/h4-7,11-13,17,19-20H,8-10H2,1-3H3,(H,25,26)/t13-,17?,19-,20+/m1/s1. The van der Waals surface area contributed by atoms with Gasteiger partial charge >= 0.3 is 6.09 Å². The number of benzene rings is 1. The van der Waals surface area contributed by atoms with Crippen LogP contribution in [0.1, 0.15) is 40.0 Å². The summed E-state index contributed by atoms with van der Waals surface area (Å²) in [7, 11) is 0. The second-order valence-corrected chi connectivity index (χ2v) is 10.3.